The predicted octanol–water partition coefficient (Wildman–Crippen LogP) is -0.0942. The highest BCUT2D eigenvalue weighted by Crippen LogP contribution is 2.28. The smallest absolute Gasteiger partial charge is 0.312 e. The van der Waals surface area contributed by atoms with Gasteiger partial charge in [0.25, 0.3) is 23.6 Å². The van der Waals surface area contributed by atoms with E-state index >= 15 is 0 Å². The average Bonchev–Trinajstić information content (AvgIpc) is 2.33. The molecule has 24 N–H and O–H groups in total. The summed E-state index contributed by atoms with van der Waals surface area (Å²) < 4.78 is 21.6. The lowest BCUT2D eigenvalue weighted by molar-refractivity contribution is -0.118. The Morgan fingerprint density at radius 1 is 0.393 bits per heavy atom. The van der Waals surface area contributed by atoms with Gasteiger partial charge < -0.3 is 112 Å². The zero-order chi connectivity index (χ0) is 65.7. The van der Waals surface area contributed by atoms with Crippen molar-refractivity contribution in [3.05, 3.63) is 95.1 Å². The quantitative estimate of drug-likeness (QED) is 0.0163. The molecule has 4 atom stereocenters. The van der Waals surface area contributed by atoms with E-state index in [2.05, 4.69) is 58.5 Å². The Kier molecular flexibility index (Phi) is 28.0. The number of amides is 14. The highest BCUT2D eigenvalue weighted by molar-refractivity contribution is 6.08. The molecule has 0 aliphatic heterocycles. The van der Waals surface area contributed by atoms with Gasteiger partial charge in [-0.15, -0.1) is 0 Å². The average molecular weight is 1240 g/mol. The third-order valence-corrected chi connectivity index (χ3v) is 13.0. The summed E-state index contributed by atoms with van der Waals surface area (Å²) in [7, 11) is 5.18. The molecule has 4 aromatic carbocycles. The normalized spacial score (nSPS) is 11.9. The van der Waals surface area contributed by atoms with Gasteiger partial charge in [-0.3, -0.25) is 43.8 Å². The molecule has 0 fully saturated rings. The summed E-state index contributed by atoms with van der Waals surface area (Å²) in [5, 5.41) is 35.7. The number of nitrogens with one attached hydrogen (secondary N) is 12. The number of primary amides is 4. The number of urea groups is 3. The number of carbonyl (C=O) groups excluding carboxylic acids is 11. The van der Waals surface area contributed by atoms with E-state index in [0.29, 0.717) is 13.0 Å². The predicted molar refractivity (Wildman–Crippen MR) is 326 cm³/mol. The molecule has 0 spiro atoms. The van der Waals surface area contributed by atoms with E-state index in [1.807, 2.05) is 0 Å². The molecule has 0 aromatic heterocycles. The summed E-state index contributed by atoms with van der Waals surface area (Å²) in [4.78, 5) is 144. The lowest BCUT2D eigenvalue weighted by Crippen LogP contribution is -2.45. The molecule has 0 saturated carbocycles. The van der Waals surface area contributed by atoms with Crippen LogP contribution in [0.2, 0.25) is 0 Å². The Morgan fingerprint density at radius 3 is 0.944 bits per heavy atom. The molecule has 33 nitrogen and oxygen atoms in total. The van der Waals surface area contributed by atoms with Gasteiger partial charge in [-0.1, -0.05) is 0 Å². The molecule has 14 amide bonds. The third kappa shape index (κ3) is 23.0. The topological polar surface area (TPSA) is 537 Å². The molecule has 0 aliphatic carbocycles. The lowest BCUT2D eigenvalue weighted by Gasteiger charge is -2.22. The first-order valence-electron chi connectivity index (χ1n) is 27.5. The fraction of sp³-hybridized carbons (Fsp3) is 0.357. The number of rotatable bonds is 35. The molecule has 0 radical (unpaired) electrons. The van der Waals surface area contributed by atoms with Gasteiger partial charge in [-0.25, -0.2) is 14.4 Å². The third-order valence-electron chi connectivity index (χ3n) is 13.0. The molecule has 4 aromatic rings. The number of methoxy groups -OCH3 is 4. The van der Waals surface area contributed by atoms with Crippen LogP contribution in [0, 0.1) is 5.41 Å². The number of hydrogen-bond donors (Lipinski definition) is 18. The van der Waals surface area contributed by atoms with E-state index in [0.717, 1.165) is 0 Å². The summed E-state index contributed by atoms with van der Waals surface area (Å²) in [5.41, 5.74) is 32.5. The van der Waals surface area contributed by atoms with Crippen molar-refractivity contribution in [3.63, 3.8) is 0 Å². The number of hydrogen-bond acceptors (Lipinski definition) is 17. The zero-order valence-electron chi connectivity index (χ0n) is 49.3. The zero-order valence-corrected chi connectivity index (χ0v) is 49.3. The van der Waals surface area contributed by atoms with Crippen LogP contribution in [0.15, 0.2) is 72.8 Å². The fourth-order valence-electron chi connectivity index (χ4n) is 8.53. The van der Waals surface area contributed by atoms with Gasteiger partial charge in [0.05, 0.1) is 56.7 Å². The molecule has 0 aliphatic rings. The van der Waals surface area contributed by atoms with E-state index in [-0.39, 0.29) is 139 Å². The number of nitrogens with two attached hydrogens (primary N) is 6. The van der Waals surface area contributed by atoms with E-state index in [1.54, 1.807) is 0 Å². The van der Waals surface area contributed by atoms with Crippen molar-refractivity contribution in [2.45, 2.75) is 75.5 Å². The van der Waals surface area contributed by atoms with E-state index < -0.39 is 89.5 Å². The fourth-order valence-corrected chi connectivity index (χ4v) is 8.53. The van der Waals surface area contributed by atoms with Gasteiger partial charge in [-0.2, -0.15) is 0 Å². The van der Waals surface area contributed by atoms with Gasteiger partial charge in [0.2, 0.25) is 23.6 Å². The van der Waals surface area contributed by atoms with Gasteiger partial charge >= 0.3 is 18.1 Å². The number of anilines is 4. The molecule has 33 heteroatoms. The van der Waals surface area contributed by atoms with Crippen LogP contribution in [0.5, 0.6) is 23.0 Å². The van der Waals surface area contributed by atoms with Crippen LogP contribution in [0.4, 0.5) is 37.1 Å². The van der Waals surface area contributed by atoms with Gasteiger partial charge in [0.15, 0.2) is 5.96 Å². The van der Waals surface area contributed by atoms with Gasteiger partial charge in [0, 0.05) is 48.9 Å². The minimum absolute atomic E-state index is 0.00889. The molecular weight excluding hydrogens is 1160 g/mol. The summed E-state index contributed by atoms with van der Waals surface area (Å²) in [6.07, 6.45) is 0.790. The van der Waals surface area contributed by atoms with Crippen LogP contribution < -0.4 is 112 Å². The Bertz CT molecular complexity index is 3240. The Morgan fingerprint density at radius 2 is 0.663 bits per heavy atom. The van der Waals surface area contributed by atoms with E-state index in [1.165, 1.54) is 101 Å². The molecular formula is C56H76N18O15. The van der Waals surface area contributed by atoms with Crippen molar-refractivity contribution >= 4 is 94.1 Å². The first kappa shape index (κ1) is 70.4. The first-order chi connectivity index (χ1) is 42.4. The first-order valence-corrected chi connectivity index (χ1v) is 27.5. The second kappa shape index (κ2) is 35.4. The molecule has 89 heavy (non-hydrogen) atoms. The van der Waals surface area contributed by atoms with Crippen LogP contribution in [0.1, 0.15) is 92.8 Å². The molecule has 480 valence electrons. The van der Waals surface area contributed by atoms with Crippen LogP contribution in [0.25, 0.3) is 0 Å². The summed E-state index contributed by atoms with van der Waals surface area (Å²) in [5.74, 6) is -6.34. The van der Waals surface area contributed by atoms with Crippen molar-refractivity contribution in [3.8, 4) is 23.0 Å². The number of benzene rings is 4. The second-order valence-electron chi connectivity index (χ2n) is 19.4. The number of guanidine groups is 1. The Balaban J connectivity index is 1.59. The van der Waals surface area contributed by atoms with Crippen molar-refractivity contribution in [1.82, 2.24) is 37.2 Å². The maximum absolute atomic E-state index is 14.3. The van der Waals surface area contributed by atoms with Crippen LogP contribution in [-0.4, -0.2) is 150 Å². The summed E-state index contributed by atoms with van der Waals surface area (Å²) in [6.45, 7) is 0.333. The molecule has 0 unspecified atom stereocenters. The van der Waals surface area contributed by atoms with Gasteiger partial charge in [0.1, 0.15) is 41.1 Å². The highest BCUT2D eigenvalue weighted by atomic mass is 16.5. The largest absolute Gasteiger partial charge is 0.496 e. The van der Waals surface area contributed by atoms with Gasteiger partial charge in [-0.05, 0) is 124 Å². The second-order valence-corrected chi connectivity index (χ2v) is 19.4. The van der Waals surface area contributed by atoms with Crippen LogP contribution in [0.3, 0.4) is 0 Å². The SMILES string of the molecule is COc1ccc(NC(=O)[C@@H](CCCNC(N)=O)NC(=O)c2cc(NC(=O)[C@@H](CCCNC(N)=O)NC(=O)c3cc(NC(=O)[C@@H](CCCNC(N)=O)NC(=O)c4cc(NC(=O)[C@H](N)CCCNC(=N)N)ccc4OC)ccc3OC)ccc2OC)cc1C(N)=O. The molecule has 0 saturated heterocycles. The summed E-state index contributed by atoms with van der Waals surface area (Å²) >= 11 is 0. The van der Waals surface area contributed by atoms with E-state index in [4.69, 9.17) is 58.8 Å². The van der Waals surface area contributed by atoms with Crippen LogP contribution in [-0.2, 0) is 19.2 Å². The molecule has 0 bridgehead atoms. The Labute approximate surface area is 510 Å². The highest BCUT2D eigenvalue weighted by Gasteiger charge is 2.29. The maximum atomic E-state index is 14.3. The number of carbonyl (C=O) groups is 11. The van der Waals surface area contributed by atoms with Crippen LogP contribution >= 0.6 is 0 Å². The molecule has 0 heterocycles. The number of ether oxygens (including phenoxy) is 4. The minimum atomic E-state index is -1.38. The summed E-state index contributed by atoms with van der Waals surface area (Å²) in [6, 6.07) is 8.89. The monoisotopic (exact) mass is 1240 g/mol. The van der Waals surface area contributed by atoms with Crippen molar-refractivity contribution in [2.24, 2.45) is 34.4 Å². The minimum Gasteiger partial charge on any atom is -0.496 e. The standard InChI is InChI=1S/C56H76N18O15/c1-86-41-17-13-29(25-33(41)45(58)75)69-50(80)38(10-6-22-65-54(61)83)72-47(77)35-27-31(15-19-43(35)88-3)71-52(82)40(12-8-24-67-56(63)85)74-48(78)36-28-32(16-20-44(36)89-4)70-51(81)39(11-7-23-66-55(62)84)73-46(76)34-26-30(14-18-42(34)87-2)68-49(79)37(57)9-5-21-64-53(59)60/h13-20,25-28,37-40H,5-12,21-24,57H2,1-4H3,(H2,58,75)(H,68,79)(H,69,80)(H,70,81)(H,71,82)(H,72,77)(H,73,76)(H,74,78)(H4,59,60,64)(H3,61,65,83)(H3,62,66,84)(H3,63,67,85)/t37-,38-,39-,40-/m1/s1. The molecule has 4 rings (SSSR count). The van der Waals surface area contributed by atoms with Crippen molar-refractivity contribution < 1.29 is 71.7 Å². The van der Waals surface area contributed by atoms with Crippen molar-refractivity contribution in [2.75, 3.05) is 75.9 Å². The Hall–Kier alpha value is -11.1. The van der Waals surface area contributed by atoms with Crippen molar-refractivity contribution in [1.29, 1.82) is 5.41 Å². The lowest BCUT2D eigenvalue weighted by atomic mass is 10.1. The van der Waals surface area contributed by atoms with E-state index in [9.17, 15) is 52.7 Å². The maximum Gasteiger partial charge on any atom is 0.312 e.